The van der Waals surface area contributed by atoms with Gasteiger partial charge in [0.2, 0.25) is 11.8 Å². The third-order valence-electron chi connectivity index (χ3n) is 12.1. The van der Waals surface area contributed by atoms with Crippen LogP contribution in [0, 0.1) is 0 Å². The van der Waals surface area contributed by atoms with Crippen LogP contribution >= 0.6 is 0 Å². The van der Waals surface area contributed by atoms with Gasteiger partial charge in [0.1, 0.15) is 0 Å². The van der Waals surface area contributed by atoms with Crippen molar-refractivity contribution in [1.29, 1.82) is 0 Å². The lowest BCUT2D eigenvalue weighted by atomic mass is 9.60. The highest BCUT2D eigenvalue weighted by Gasteiger charge is 2.69. The second-order valence-corrected chi connectivity index (χ2v) is 14.8. The van der Waals surface area contributed by atoms with Crippen molar-refractivity contribution in [2.45, 2.75) is 11.1 Å². The number of carbonyl (C=O) groups excluding carboxylic acids is 2. The Balaban J connectivity index is 1.50. The predicted octanol–water partition coefficient (Wildman–Crippen LogP) is 10.9. The summed E-state index contributed by atoms with van der Waals surface area (Å²) in [6, 6.07) is 66.5. The molecule has 0 N–H and O–H groups in total. The minimum Gasteiger partial charge on any atom is -0.313 e. The van der Waals surface area contributed by atoms with Gasteiger partial charge in [0.15, 0.2) is 11.1 Å². The number of hydrogen-bond acceptors (Lipinski definition) is 2. The van der Waals surface area contributed by atoms with Crippen LogP contribution in [0.15, 0.2) is 194 Å². The summed E-state index contributed by atoms with van der Waals surface area (Å²) in [5.41, 5.74) is 8.98. The zero-order chi connectivity index (χ0) is 38.0. The predicted molar refractivity (Wildman–Crippen MR) is 226 cm³/mol. The molecule has 11 rings (SSSR count). The molecule has 3 heterocycles. The molecular weight excluding hydrogens is 685 g/mol. The fourth-order valence-corrected chi connectivity index (χ4v) is 9.74. The molecule has 0 unspecified atom stereocenters. The van der Waals surface area contributed by atoms with E-state index < -0.39 is 11.1 Å². The van der Waals surface area contributed by atoms with Gasteiger partial charge in [-0.3, -0.25) is 9.59 Å². The normalized spacial score (nSPS) is 18.7. The van der Waals surface area contributed by atoms with Crippen LogP contribution in [0.4, 0.5) is 0 Å². The van der Waals surface area contributed by atoms with Crippen LogP contribution in [0.25, 0.3) is 55.3 Å². The maximum Gasteiger partial charge on any atom is 0.249 e. The Morgan fingerprint density at radius 1 is 0.357 bits per heavy atom. The van der Waals surface area contributed by atoms with E-state index in [0.29, 0.717) is 11.1 Å². The summed E-state index contributed by atoms with van der Waals surface area (Å²) in [4.78, 5) is 34.4. The summed E-state index contributed by atoms with van der Waals surface area (Å²) in [6.07, 6.45) is 0. The molecule has 268 valence electrons. The number of hydrogen-bond donors (Lipinski definition) is 0. The Morgan fingerprint density at radius 3 is 1.04 bits per heavy atom. The van der Waals surface area contributed by atoms with Gasteiger partial charge in [-0.15, -0.1) is 0 Å². The maximum absolute atomic E-state index is 15.4. The average molecular weight is 723 g/mol. The first-order valence-corrected chi connectivity index (χ1v) is 19.1. The van der Waals surface area contributed by atoms with Crippen molar-refractivity contribution >= 4 is 22.6 Å². The van der Waals surface area contributed by atoms with Crippen LogP contribution < -0.4 is 0 Å². The van der Waals surface area contributed by atoms with E-state index in [9.17, 15) is 0 Å². The van der Waals surface area contributed by atoms with E-state index in [-0.39, 0.29) is 11.8 Å². The lowest BCUT2D eigenvalue weighted by Crippen LogP contribution is -2.77. The van der Waals surface area contributed by atoms with Crippen molar-refractivity contribution in [2.75, 3.05) is 14.1 Å². The number of carbonyl (C=O) groups is 2. The molecule has 3 aliphatic heterocycles. The Bertz CT molecular complexity index is 2760. The molecule has 0 spiro atoms. The second-order valence-electron chi connectivity index (χ2n) is 14.8. The lowest BCUT2D eigenvalue weighted by molar-refractivity contribution is -0.176. The molecule has 4 nitrogen and oxygen atoms in total. The largest absolute Gasteiger partial charge is 0.313 e. The first kappa shape index (κ1) is 33.5. The summed E-state index contributed by atoms with van der Waals surface area (Å²) in [5, 5.41) is 2.02. The van der Waals surface area contributed by atoms with E-state index in [0.717, 1.165) is 66.4 Å². The molecule has 0 saturated carbocycles. The standard InChI is InChI=1S/C52H38N2O2/c1-53-49(55)51(39-29-17-7-18-30-39)43-33-41-42(34-44(43)52(53,54(2)50(51)56)40-31-19-8-20-32-40)46(36-23-11-4-12-24-36)48(38-27-15-6-16-28-38)47(37-25-13-5-14-26-37)45(41)35-21-9-3-10-22-35/h3-34H,1-2H3. The van der Waals surface area contributed by atoms with Crippen molar-refractivity contribution in [3.63, 3.8) is 0 Å². The number of fused-ring (bicyclic) bond motifs is 3. The molecular formula is C52H38N2O2. The van der Waals surface area contributed by atoms with Gasteiger partial charge in [-0.1, -0.05) is 182 Å². The van der Waals surface area contributed by atoms with E-state index in [2.05, 4.69) is 127 Å². The van der Waals surface area contributed by atoms with Crippen LogP contribution in [0.5, 0.6) is 0 Å². The molecule has 56 heavy (non-hydrogen) atoms. The molecule has 0 atom stereocenters. The van der Waals surface area contributed by atoms with Gasteiger partial charge in [0.05, 0.1) is 0 Å². The highest BCUT2D eigenvalue weighted by atomic mass is 16.2. The lowest BCUT2D eigenvalue weighted by Gasteiger charge is -2.62. The van der Waals surface area contributed by atoms with Gasteiger partial charge >= 0.3 is 0 Å². The molecule has 0 aromatic heterocycles. The third kappa shape index (κ3) is 4.47. The van der Waals surface area contributed by atoms with Crippen molar-refractivity contribution in [2.24, 2.45) is 0 Å². The topological polar surface area (TPSA) is 40.6 Å². The second kappa shape index (κ2) is 12.8. The van der Waals surface area contributed by atoms with Gasteiger partial charge in [0, 0.05) is 25.2 Å². The molecule has 8 aromatic carbocycles. The van der Waals surface area contributed by atoms with Crippen LogP contribution in [-0.2, 0) is 20.7 Å². The summed E-state index contributed by atoms with van der Waals surface area (Å²) >= 11 is 0. The monoisotopic (exact) mass is 722 g/mol. The third-order valence-corrected chi connectivity index (χ3v) is 12.1. The molecule has 0 radical (unpaired) electrons. The summed E-state index contributed by atoms with van der Waals surface area (Å²) < 4.78 is 0. The summed E-state index contributed by atoms with van der Waals surface area (Å²) in [6.45, 7) is 0. The van der Waals surface area contributed by atoms with Crippen LogP contribution in [0.1, 0.15) is 22.3 Å². The number of benzene rings is 8. The maximum atomic E-state index is 15.4. The van der Waals surface area contributed by atoms with E-state index in [1.807, 2.05) is 90.6 Å². The zero-order valence-corrected chi connectivity index (χ0v) is 31.2. The first-order valence-electron chi connectivity index (χ1n) is 19.1. The number of likely N-dealkylation sites (N-methyl/N-ethyl adjacent to an activating group) is 2. The SMILES string of the molecule is CN1C(=O)C2(c3ccccc3)C(=O)N(C)C1(c1ccccc1)c1cc3c(-c4ccccc4)c(-c4ccccc4)c(-c4ccccc4)c(-c4ccccc4)c3cc12. The van der Waals surface area contributed by atoms with Gasteiger partial charge in [0.25, 0.3) is 0 Å². The molecule has 4 heteroatoms. The van der Waals surface area contributed by atoms with Gasteiger partial charge in [-0.2, -0.15) is 0 Å². The Labute approximate surface area is 326 Å². The number of amides is 2. The van der Waals surface area contributed by atoms with Gasteiger partial charge in [-0.25, -0.2) is 0 Å². The van der Waals surface area contributed by atoms with Crippen LogP contribution in [0.3, 0.4) is 0 Å². The Kier molecular flexibility index (Phi) is 7.65. The quantitative estimate of drug-likeness (QED) is 0.160. The minimum absolute atomic E-state index is 0.240. The fraction of sp³-hybridized carbons (Fsp3) is 0.0769. The molecule has 2 amide bonds. The van der Waals surface area contributed by atoms with E-state index in [4.69, 9.17) is 0 Å². The van der Waals surface area contributed by atoms with Gasteiger partial charge < -0.3 is 9.80 Å². The molecule has 1 saturated heterocycles. The Morgan fingerprint density at radius 2 is 0.661 bits per heavy atom. The first-order chi connectivity index (χ1) is 27.5. The summed E-state index contributed by atoms with van der Waals surface area (Å²) in [7, 11) is 3.70. The van der Waals surface area contributed by atoms with E-state index in [1.54, 1.807) is 0 Å². The van der Waals surface area contributed by atoms with Crippen molar-refractivity contribution in [3.05, 3.63) is 216 Å². The molecule has 3 aliphatic rings. The highest BCUT2D eigenvalue weighted by Crippen LogP contribution is 2.60. The minimum atomic E-state index is -1.60. The molecule has 1 fully saturated rings. The Hall–Kier alpha value is -7.04. The van der Waals surface area contributed by atoms with Crippen LogP contribution in [0.2, 0.25) is 0 Å². The van der Waals surface area contributed by atoms with Crippen LogP contribution in [-0.4, -0.2) is 35.7 Å². The van der Waals surface area contributed by atoms with Gasteiger partial charge in [-0.05, 0) is 78.5 Å². The smallest absolute Gasteiger partial charge is 0.249 e. The average Bonchev–Trinajstić information content (AvgIpc) is 3.27. The molecule has 0 aliphatic carbocycles. The summed E-state index contributed by atoms with van der Waals surface area (Å²) in [5.74, 6) is -0.479. The zero-order valence-electron chi connectivity index (χ0n) is 31.2. The highest BCUT2D eigenvalue weighted by molar-refractivity contribution is 6.22. The van der Waals surface area contributed by atoms with E-state index >= 15 is 9.59 Å². The molecule has 8 aromatic rings. The molecule has 2 bridgehead atoms. The van der Waals surface area contributed by atoms with Crippen molar-refractivity contribution in [3.8, 4) is 44.5 Å². The number of nitrogens with zero attached hydrogens (tertiary/aromatic N) is 2. The number of rotatable bonds is 6. The van der Waals surface area contributed by atoms with Crippen molar-refractivity contribution < 1.29 is 9.59 Å². The van der Waals surface area contributed by atoms with E-state index in [1.165, 1.54) is 0 Å². The van der Waals surface area contributed by atoms with Crippen molar-refractivity contribution in [1.82, 2.24) is 9.80 Å². The fourth-order valence-electron chi connectivity index (χ4n) is 9.74.